The number of Topliss-reactive ketones (excluding diaryl/α,β-unsaturated/α-hetero) is 1. The fourth-order valence-corrected chi connectivity index (χ4v) is 2.72. The third-order valence-electron chi connectivity index (χ3n) is 3.05. The molecule has 5 nitrogen and oxygen atoms in total. The molecular formula is C12H13BrN2O3. The van der Waals surface area contributed by atoms with Crippen LogP contribution in [0.2, 0.25) is 0 Å². The van der Waals surface area contributed by atoms with Crippen LogP contribution in [0.25, 0.3) is 0 Å². The van der Waals surface area contributed by atoms with Crippen LogP contribution in [0.4, 0.5) is 11.4 Å². The number of carbonyl (C=O) groups is 1. The van der Waals surface area contributed by atoms with Gasteiger partial charge >= 0.3 is 0 Å². The lowest BCUT2D eigenvalue weighted by Crippen LogP contribution is -2.35. The third kappa shape index (κ3) is 2.53. The molecule has 1 aliphatic rings. The van der Waals surface area contributed by atoms with Gasteiger partial charge in [-0.1, -0.05) is 0 Å². The Hall–Kier alpha value is -1.43. The van der Waals surface area contributed by atoms with Gasteiger partial charge in [-0.05, 0) is 35.3 Å². The fourth-order valence-electron chi connectivity index (χ4n) is 2.14. The maximum atomic E-state index is 11.5. The summed E-state index contributed by atoms with van der Waals surface area (Å²) in [4.78, 5) is 23.9. The number of ketones is 1. The summed E-state index contributed by atoms with van der Waals surface area (Å²) in [5, 5.41) is 10.8. The van der Waals surface area contributed by atoms with Crippen molar-refractivity contribution in [3.63, 3.8) is 0 Å². The fraction of sp³-hybridized carbons (Fsp3) is 0.417. The van der Waals surface area contributed by atoms with Crippen molar-refractivity contribution >= 4 is 33.1 Å². The number of hydrogen-bond donors (Lipinski definition) is 0. The molecule has 6 heteroatoms. The Morgan fingerprint density at radius 1 is 1.44 bits per heavy atom. The number of nitro benzene ring substituents is 1. The van der Waals surface area contributed by atoms with E-state index in [1.54, 1.807) is 13.0 Å². The predicted octanol–water partition coefficient (Wildman–Crippen LogP) is 2.84. The smallest absolute Gasteiger partial charge is 0.273 e. The van der Waals surface area contributed by atoms with E-state index in [4.69, 9.17) is 0 Å². The summed E-state index contributed by atoms with van der Waals surface area (Å²) >= 11 is 3.35. The van der Waals surface area contributed by atoms with Crippen LogP contribution in [0.5, 0.6) is 0 Å². The number of aryl methyl sites for hydroxylation is 1. The Kier molecular flexibility index (Phi) is 3.65. The van der Waals surface area contributed by atoms with Gasteiger partial charge in [0.25, 0.3) is 5.69 Å². The molecule has 1 aromatic carbocycles. The van der Waals surface area contributed by atoms with Crippen LogP contribution < -0.4 is 4.90 Å². The largest absolute Gasteiger partial charge is 0.363 e. The number of benzene rings is 1. The molecule has 0 amide bonds. The molecule has 96 valence electrons. The molecule has 0 saturated carbocycles. The van der Waals surface area contributed by atoms with Crippen LogP contribution in [0.1, 0.15) is 18.4 Å². The molecule has 2 rings (SSSR count). The number of anilines is 1. The van der Waals surface area contributed by atoms with Gasteiger partial charge in [-0.2, -0.15) is 0 Å². The van der Waals surface area contributed by atoms with Gasteiger partial charge in [-0.15, -0.1) is 0 Å². The Morgan fingerprint density at radius 3 is 2.78 bits per heavy atom. The number of piperidine rings is 1. The lowest BCUT2D eigenvalue weighted by atomic mass is 10.1. The van der Waals surface area contributed by atoms with Gasteiger partial charge in [-0.25, -0.2) is 0 Å². The van der Waals surface area contributed by atoms with Crippen LogP contribution in [0.3, 0.4) is 0 Å². The molecule has 1 heterocycles. The average Bonchev–Trinajstić information content (AvgIpc) is 2.31. The molecule has 1 aromatic rings. The van der Waals surface area contributed by atoms with Crippen molar-refractivity contribution in [3.8, 4) is 0 Å². The molecule has 0 unspecified atom stereocenters. The third-order valence-corrected chi connectivity index (χ3v) is 3.69. The van der Waals surface area contributed by atoms with Crippen LogP contribution >= 0.6 is 15.9 Å². The Morgan fingerprint density at radius 2 is 2.17 bits per heavy atom. The zero-order chi connectivity index (χ0) is 13.3. The number of nitro groups is 1. The van der Waals surface area contributed by atoms with Gasteiger partial charge in [0.2, 0.25) is 0 Å². The summed E-state index contributed by atoms with van der Waals surface area (Å²) < 4.78 is 0.662. The molecule has 1 saturated heterocycles. The highest BCUT2D eigenvalue weighted by molar-refractivity contribution is 9.10. The minimum Gasteiger partial charge on any atom is -0.363 e. The van der Waals surface area contributed by atoms with Gasteiger partial charge in [0.05, 0.1) is 17.2 Å². The molecular weight excluding hydrogens is 300 g/mol. The highest BCUT2D eigenvalue weighted by atomic mass is 79.9. The molecule has 0 bridgehead atoms. The van der Waals surface area contributed by atoms with Crippen molar-refractivity contribution < 1.29 is 9.72 Å². The first-order chi connectivity index (χ1) is 8.49. The van der Waals surface area contributed by atoms with Crippen molar-refractivity contribution in [2.24, 2.45) is 0 Å². The second-order valence-corrected chi connectivity index (χ2v) is 5.27. The highest BCUT2D eigenvalue weighted by Crippen LogP contribution is 2.34. The molecule has 0 radical (unpaired) electrons. The topological polar surface area (TPSA) is 63.5 Å². The van der Waals surface area contributed by atoms with E-state index in [2.05, 4.69) is 15.9 Å². The highest BCUT2D eigenvalue weighted by Gasteiger charge is 2.22. The second kappa shape index (κ2) is 5.06. The Labute approximate surface area is 113 Å². The van der Waals surface area contributed by atoms with Crippen LogP contribution in [-0.2, 0) is 4.79 Å². The van der Waals surface area contributed by atoms with Crippen LogP contribution in [0, 0.1) is 17.0 Å². The molecule has 1 aliphatic heterocycles. The Bertz CT molecular complexity index is 516. The van der Waals surface area contributed by atoms with E-state index >= 15 is 0 Å². The van der Waals surface area contributed by atoms with E-state index < -0.39 is 4.92 Å². The number of halogens is 1. The van der Waals surface area contributed by atoms with Crippen molar-refractivity contribution in [3.05, 3.63) is 32.3 Å². The maximum absolute atomic E-state index is 11.5. The van der Waals surface area contributed by atoms with Gasteiger partial charge < -0.3 is 4.90 Å². The maximum Gasteiger partial charge on any atom is 0.273 e. The van der Waals surface area contributed by atoms with Crippen LogP contribution in [0.15, 0.2) is 16.6 Å². The monoisotopic (exact) mass is 312 g/mol. The van der Waals surface area contributed by atoms with E-state index in [-0.39, 0.29) is 11.5 Å². The molecule has 0 atom stereocenters. The van der Waals surface area contributed by atoms with E-state index in [0.29, 0.717) is 23.0 Å². The van der Waals surface area contributed by atoms with Gasteiger partial charge in [-0.3, -0.25) is 14.9 Å². The molecule has 18 heavy (non-hydrogen) atoms. The number of rotatable bonds is 2. The Balaban J connectivity index is 2.36. The summed E-state index contributed by atoms with van der Waals surface area (Å²) in [5.74, 6) is 0.212. The van der Waals surface area contributed by atoms with Gasteiger partial charge in [0, 0.05) is 29.1 Å². The average molecular weight is 313 g/mol. The lowest BCUT2D eigenvalue weighted by Gasteiger charge is -2.29. The summed E-state index contributed by atoms with van der Waals surface area (Å²) in [6, 6.07) is 3.27. The summed E-state index contributed by atoms with van der Waals surface area (Å²) in [6.07, 6.45) is 1.46. The van der Waals surface area contributed by atoms with Gasteiger partial charge in [0.1, 0.15) is 0 Å². The van der Waals surface area contributed by atoms with Crippen LogP contribution in [-0.4, -0.2) is 23.8 Å². The van der Waals surface area contributed by atoms with Crippen molar-refractivity contribution in [1.82, 2.24) is 0 Å². The van der Waals surface area contributed by atoms with Crippen molar-refractivity contribution in [2.75, 3.05) is 18.0 Å². The summed E-state index contributed by atoms with van der Waals surface area (Å²) in [7, 11) is 0. The predicted molar refractivity (Wildman–Crippen MR) is 72.0 cm³/mol. The van der Waals surface area contributed by atoms with Crippen molar-refractivity contribution in [2.45, 2.75) is 19.8 Å². The standard InChI is InChI=1S/C12H13BrN2O3/c1-8-5-12(10(13)6-11(8)15(17)18)14-4-2-3-9(16)7-14/h5-6H,2-4,7H2,1H3. The molecule has 0 aliphatic carbocycles. The minimum absolute atomic E-state index is 0.0916. The van der Waals surface area contributed by atoms with E-state index in [1.165, 1.54) is 6.07 Å². The number of nitrogens with zero attached hydrogens (tertiary/aromatic N) is 2. The summed E-state index contributed by atoms with van der Waals surface area (Å²) in [5.41, 5.74) is 1.55. The first-order valence-electron chi connectivity index (χ1n) is 5.70. The molecule has 0 aromatic heterocycles. The van der Waals surface area contributed by atoms with E-state index in [0.717, 1.165) is 18.7 Å². The second-order valence-electron chi connectivity index (χ2n) is 4.41. The number of carbonyl (C=O) groups excluding carboxylic acids is 1. The molecule has 1 fully saturated rings. The van der Waals surface area contributed by atoms with Crippen molar-refractivity contribution in [1.29, 1.82) is 0 Å². The first kappa shape index (κ1) is 13.0. The van der Waals surface area contributed by atoms with E-state index in [1.807, 2.05) is 4.90 Å². The zero-order valence-corrected chi connectivity index (χ0v) is 11.6. The number of hydrogen-bond acceptors (Lipinski definition) is 4. The van der Waals surface area contributed by atoms with Gasteiger partial charge in [0.15, 0.2) is 5.78 Å². The minimum atomic E-state index is -0.398. The zero-order valence-electron chi connectivity index (χ0n) is 9.98. The SMILES string of the molecule is Cc1cc(N2CCCC(=O)C2)c(Br)cc1[N+](=O)[O-]. The molecule has 0 N–H and O–H groups in total. The first-order valence-corrected chi connectivity index (χ1v) is 6.49. The lowest BCUT2D eigenvalue weighted by molar-refractivity contribution is -0.385. The van der Waals surface area contributed by atoms with E-state index in [9.17, 15) is 14.9 Å². The summed E-state index contributed by atoms with van der Waals surface area (Å²) in [6.45, 7) is 2.90. The quantitative estimate of drug-likeness (QED) is 0.622. The molecule has 0 spiro atoms. The normalized spacial score (nSPS) is 15.9.